The largest absolute Gasteiger partial charge is 0.174 e. The van der Waals surface area contributed by atoms with Crippen LogP contribution in [0.2, 0.25) is 5.02 Å². The standard InChI is InChI=1S/C9H7ClS2/c10-9-6-3-1-2-4-7(6)12-8(9)5-11/h1-4,11H,5H2. The number of fused-ring (bicyclic) bond motifs is 1. The highest BCUT2D eigenvalue weighted by molar-refractivity contribution is 7.79. The van der Waals surface area contributed by atoms with E-state index in [1.54, 1.807) is 11.3 Å². The van der Waals surface area contributed by atoms with Crippen LogP contribution >= 0.6 is 35.6 Å². The van der Waals surface area contributed by atoms with E-state index in [9.17, 15) is 0 Å². The maximum atomic E-state index is 6.12. The van der Waals surface area contributed by atoms with Gasteiger partial charge in [0.05, 0.1) is 5.02 Å². The molecule has 0 atom stereocenters. The van der Waals surface area contributed by atoms with Crippen LogP contribution in [0.5, 0.6) is 0 Å². The first-order valence-electron chi connectivity index (χ1n) is 3.59. The van der Waals surface area contributed by atoms with Gasteiger partial charge in [0.1, 0.15) is 0 Å². The Kier molecular flexibility index (Phi) is 2.31. The third kappa shape index (κ3) is 1.24. The third-order valence-electron chi connectivity index (χ3n) is 1.75. The van der Waals surface area contributed by atoms with Crippen LogP contribution in [0.3, 0.4) is 0 Å². The number of thiophene rings is 1. The first kappa shape index (κ1) is 8.42. The van der Waals surface area contributed by atoms with Gasteiger partial charge < -0.3 is 0 Å². The summed E-state index contributed by atoms with van der Waals surface area (Å²) in [7, 11) is 0. The van der Waals surface area contributed by atoms with E-state index in [-0.39, 0.29) is 0 Å². The molecular weight excluding hydrogens is 208 g/mol. The Labute approximate surface area is 85.6 Å². The van der Waals surface area contributed by atoms with Gasteiger partial charge in [-0.3, -0.25) is 0 Å². The molecule has 1 aromatic carbocycles. The number of hydrogen-bond acceptors (Lipinski definition) is 2. The lowest BCUT2D eigenvalue weighted by Gasteiger charge is -1.88. The minimum Gasteiger partial charge on any atom is -0.174 e. The van der Waals surface area contributed by atoms with Gasteiger partial charge in [0.15, 0.2) is 0 Å². The third-order valence-corrected chi connectivity index (χ3v) is 3.99. The number of thiol groups is 1. The van der Waals surface area contributed by atoms with Crippen molar-refractivity contribution >= 4 is 45.7 Å². The van der Waals surface area contributed by atoms with Gasteiger partial charge in [-0.2, -0.15) is 12.6 Å². The topological polar surface area (TPSA) is 0 Å². The van der Waals surface area contributed by atoms with Crippen molar-refractivity contribution in [1.82, 2.24) is 0 Å². The van der Waals surface area contributed by atoms with Gasteiger partial charge in [0.2, 0.25) is 0 Å². The Balaban J connectivity index is 2.78. The molecule has 0 nitrogen and oxygen atoms in total. The lowest BCUT2D eigenvalue weighted by atomic mass is 10.2. The lowest BCUT2D eigenvalue weighted by molar-refractivity contribution is 1.58. The van der Waals surface area contributed by atoms with Crippen LogP contribution in [0.4, 0.5) is 0 Å². The molecule has 0 aliphatic heterocycles. The van der Waals surface area contributed by atoms with Gasteiger partial charge in [0.25, 0.3) is 0 Å². The van der Waals surface area contributed by atoms with Crippen molar-refractivity contribution in [3.63, 3.8) is 0 Å². The molecule has 0 saturated carbocycles. The van der Waals surface area contributed by atoms with Crippen LogP contribution < -0.4 is 0 Å². The van der Waals surface area contributed by atoms with E-state index in [0.29, 0.717) is 0 Å². The van der Waals surface area contributed by atoms with E-state index in [4.69, 9.17) is 11.6 Å². The van der Waals surface area contributed by atoms with Crippen molar-refractivity contribution in [2.24, 2.45) is 0 Å². The van der Waals surface area contributed by atoms with Gasteiger partial charge in [-0.25, -0.2) is 0 Å². The fourth-order valence-corrected chi connectivity index (χ4v) is 2.97. The van der Waals surface area contributed by atoms with Gasteiger partial charge in [0, 0.05) is 20.7 Å². The van der Waals surface area contributed by atoms with E-state index in [1.165, 1.54) is 4.70 Å². The molecular formula is C9H7ClS2. The highest BCUT2D eigenvalue weighted by Gasteiger charge is 2.06. The molecule has 0 saturated heterocycles. The van der Waals surface area contributed by atoms with Crippen molar-refractivity contribution in [1.29, 1.82) is 0 Å². The second kappa shape index (κ2) is 3.29. The van der Waals surface area contributed by atoms with Crippen LogP contribution in [0.15, 0.2) is 24.3 Å². The van der Waals surface area contributed by atoms with Crippen LogP contribution in [-0.4, -0.2) is 0 Å². The first-order chi connectivity index (χ1) is 5.83. The monoisotopic (exact) mass is 214 g/mol. The Morgan fingerprint density at radius 2 is 2.08 bits per heavy atom. The van der Waals surface area contributed by atoms with E-state index in [0.717, 1.165) is 21.0 Å². The Bertz CT molecular complexity index is 406. The number of hydrogen-bond donors (Lipinski definition) is 1. The van der Waals surface area contributed by atoms with E-state index >= 15 is 0 Å². The summed E-state index contributed by atoms with van der Waals surface area (Å²) in [5.74, 6) is 0.720. The second-order valence-corrected chi connectivity index (χ2v) is 4.32. The Morgan fingerprint density at radius 3 is 2.75 bits per heavy atom. The summed E-state index contributed by atoms with van der Waals surface area (Å²) in [6.07, 6.45) is 0. The summed E-state index contributed by atoms with van der Waals surface area (Å²) in [6.45, 7) is 0. The van der Waals surface area contributed by atoms with Crippen molar-refractivity contribution in [3.05, 3.63) is 34.2 Å². The molecule has 0 unspecified atom stereocenters. The van der Waals surface area contributed by atoms with Crippen LogP contribution in [0.1, 0.15) is 4.88 Å². The van der Waals surface area contributed by atoms with E-state index in [1.807, 2.05) is 18.2 Å². The molecule has 0 fully saturated rings. The second-order valence-electron chi connectivity index (χ2n) is 2.49. The normalized spacial score (nSPS) is 10.8. The van der Waals surface area contributed by atoms with Gasteiger partial charge in [-0.05, 0) is 6.07 Å². The fraction of sp³-hybridized carbons (Fsp3) is 0.111. The smallest absolute Gasteiger partial charge is 0.0632 e. The zero-order valence-corrected chi connectivity index (χ0v) is 8.72. The molecule has 0 N–H and O–H groups in total. The minimum atomic E-state index is 0.720. The molecule has 12 heavy (non-hydrogen) atoms. The van der Waals surface area contributed by atoms with Crippen molar-refractivity contribution in [3.8, 4) is 0 Å². The number of benzene rings is 1. The van der Waals surface area contributed by atoms with Crippen LogP contribution in [-0.2, 0) is 5.75 Å². The summed E-state index contributed by atoms with van der Waals surface area (Å²) < 4.78 is 1.24. The quantitative estimate of drug-likeness (QED) is 0.682. The highest BCUT2D eigenvalue weighted by Crippen LogP contribution is 2.35. The number of halogens is 1. The molecule has 2 rings (SSSR count). The average molecular weight is 215 g/mol. The minimum absolute atomic E-state index is 0.720. The molecule has 0 aliphatic carbocycles. The summed E-state index contributed by atoms with van der Waals surface area (Å²) >= 11 is 12.1. The van der Waals surface area contributed by atoms with Crippen molar-refractivity contribution in [2.45, 2.75) is 5.75 Å². The predicted octanol–water partition coefficient (Wildman–Crippen LogP) is 3.98. The van der Waals surface area contributed by atoms with E-state index < -0.39 is 0 Å². The average Bonchev–Trinajstić information content (AvgIpc) is 2.44. The van der Waals surface area contributed by atoms with Gasteiger partial charge in [-0.1, -0.05) is 29.8 Å². The van der Waals surface area contributed by atoms with E-state index in [2.05, 4.69) is 18.7 Å². The zero-order valence-electron chi connectivity index (χ0n) is 6.25. The molecule has 0 spiro atoms. The molecule has 3 heteroatoms. The van der Waals surface area contributed by atoms with Crippen molar-refractivity contribution in [2.75, 3.05) is 0 Å². The molecule has 1 heterocycles. The van der Waals surface area contributed by atoms with Crippen molar-refractivity contribution < 1.29 is 0 Å². The molecule has 0 amide bonds. The molecule has 0 bridgehead atoms. The highest BCUT2D eigenvalue weighted by atomic mass is 35.5. The van der Waals surface area contributed by atoms with Crippen LogP contribution in [0, 0.1) is 0 Å². The maximum absolute atomic E-state index is 6.12. The van der Waals surface area contributed by atoms with Crippen LogP contribution in [0.25, 0.3) is 10.1 Å². The lowest BCUT2D eigenvalue weighted by Crippen LogP contribution is -1.67. The summed E-state index contributed by atoms with van der Waals surface area (Å²) in [6, 6.07) is 8.15. The summed E-state index contributed by atoms with van der Waals surface area (Å²) in [5, 5.41) is 2.01. The maximum Gasteiger partial charge on any atom is 0.0632 e. The predicted molar refractivity (Wildman–Crippen MR) is 59.5 cm³/mol. The first-order valence-corrected chi connectivity index (χ1v) is 5.42. The zero-order chi connectivity index (χ0) is 8.55. The van der Waals surface area contributed by atoms with Gasteiger partial charge >= 0.3 is 0 Å². The summed E-state index contributed by atoms with van der Waals surface area (Å²) in [4.78, 5) is 1.15. The van der Waals surface area contributed by atoms with Gasteiger partial charge in [-0.15, -0.1) is 11.3 Å². The summed E-state index contributed by atoms with van der Waals surface area (Å²) in [5.41, 5.74) is 0. The molecule has 2 aromatic rings. The SMILES string of the molecule is SCc1sc2ccccc2c1Cl. The Hall–Kier alpha value is -0.180. The fourth-order valence-electron chi connectivity index (χ4n) is 1.17. The molecule has 0 radical (unpaired) electrons. The number of rotatable bonds is 1. The Morgan fingerprint density at radius 1 is 1.33 bits per heavy atom. The molecule has 0 aliphatic rings. The molecule has 62 valence electrons. The molecule has 1 aromatic heterocycles.